The van der Waals surface area contributed by atoms with Crippen molar-refractivity contribution in [3.8, 4) is 0 Å². The molecule has 0 bridgehead atoms. The molecule has 6 atom stereocenters. The molecule has 12 nitrogen and oxygen atoms in total. The van der Waals surface area contributed by atoms with Crippen LogP contribution in [0.4, 0.5) is 0 Å². The van der Waals surface area contributed by atoms with Crippen molar-refractivity contribution in [2.75, 3.05) is 6.61 Å². The molecule has 2 aromatic carbocycles. The highest BCUT2D eigenvalue weighted by Crippen LogP contribution is 2.28. The summed E-state index contributed by atoms with van der Waals surface area (Å²) in [6.45, 7) is 10.6. The molecule has 3 rings (SSSR count). The molecule has 0 saturated carbocycles. The van der Waals surface area contributed by atoms with Gasteiger partial charge in [0.2, 0.25) is 17.7 Å². The zero-order valence-electron chi connectivity index (χ0n) is 26.1. The van der Waals surface area contributed by atoms with Gasteiger partial charge in [0, 0.05) is 11.3 Å². The molecule has 3 N–H and O–H groups in total. The number of nitrogens with one attached hydrogen (secondary N) is 3. The molecule has 1 unspecified atom stereocenters. The second-order valence-corrected chi connectivity index (χ2v) is 12.2. The number of hydrogen-bond acceptors (Lipinski definition) is 7. The van der Waals surface area contributed by atoms with Gasteiger partial charge in [-0.1, -0.05) is 65.8 Å². The number of amides is 3. The number of hydrogen-bond donors (Lipinski definition) is 3. The van der Waals surface area contributed by atoms with Crippen LogP contribution in [0.1, 0.15) is 52.7 Å². The first-order valence-electron chi connectivity index (χ1n) is 14.6. The van der Waals surface area contributed by atoms with Gasteiger partial charge in [-0.05, 0) is 64.6 Å². The fourth-order valence-electron chi connectivity index (χ4n) is 4.77. The molecule has 1 saturated heterocycles. The molecule has 1 heterocycles. The smallest absolute Gasteiger partial charge is 0.245 e. The molecular formula is C32H42N6O6. The van der Waals surface area contributed by atoms with Crippen LogP contribution >= 0.6 is 0 Å². The number of Topliss-reactive ketones (excluding diaryl/α,β-unsaturated/α-hetero) is 1. The van der Waals surface area contributed by atoms with Gasteiger partial charge in [-0.25, -0.2) is 0 Å². The van der Waals surface area contributed by atoms with E-state index in [0.717, 1.165) is 11.1 Å². The summed E-state index contributed by atoms with van der Waals surface area (Å²) in [5, 5.41) is 11.8. The summed E-state index contributed by atoms with van der Waals surface area (Å²) < 4.78 is 11.3. The van der Waals surface area contributed by atoms with E-state index in [1.165, 1.54) is 0 Å². The molecule has 44 heavy (non-hydrogen) atoms. The third kappa shape index (κ3) is 10.2. The van der Waals surface area contributed by atoms with Gasteiger partial charge in [-0.3, -0.25) is 19.2 Å². The van der Waals surface area contributed by atoms with E-state index in [1.807, 2.05) is 57.2 Å². The number of carbonyl (C=O) groups is 4. The van der Waals surface area contributed by atoms with E-state index in [1.54, 1.807) is 45.0 Å². The predicted molar refractivity (Wildman–Crippen MR) is 164 cm³/mol. The molecule has 236 valence electrons. The molecule has 0 aliphatic carbocycles. The Bertz CT molecular complexity index is 1350. The summed E-state index contributed by atoms with van der Waals surface area (Å²) >= 11 is 0. The lowest BCUT2D eigenvalue weighted by Crippen LogP contribution is -2.60. The van der Waals surface area contributed by atoms with Crippen LogP contribution in [0.2, 0.25) is 0 Å². The predicted octanol–water partition coefficient (Wildman–Crippen LogP) is 3.19. The summed E-state index contributed by atoms with van der Waals surface area (Å²) in [5.41, 5.74) is 9.10. The van der Waals surface area contributed by atoms with Crippen molar-refractivity contribution in [3.63, 3.8) is 0 Å². The molecule has 1 fully saturated rings. The summed E-state index contributed by atoms with van der Waals surface area (Å²) in [7, 11) is 0. The Morgan fingerprint density at radius 2 is 1.45 bits per heavy atom. The van der Waals surface area contributed by atoms with Gasteiger partial charge in [-0.2, -0.15) is 0 Å². The average molecular weight is 607 g/mol. The average Bonchev–Trinajstić information content (AvgIpc) is 3.72. The third-order valence-electron chi connectivity index (χ3n) is 7.12. The van der Waals surface area contributed by atoms with Crippen molar-refractivity contribution in [1.29, 1.82) is 0 Å². The Morgan fingerprint density at radius 1 is 0.909 bits per heavy atom. The van der Waals surface area contributed by atoms with Gasteiger partial charge >= 0.3 is 0 Å². The fourth-order valence-corrected chi connectivity index (χ4v) is 4.77. The second-order valence-electron chi connectivity index (χ2n) is 12.2. The van der Waals surface area contributed by atoms with Crippen LogP contribution in [0.15, 0.2) is 65.8 Å². The number of ether oxygens (including phenoxy) is 2. The second kappa shape index (κ2) is 15.0. The van der Waals surface area contributed by atoms with Crippen LogP contribution in [0.3, 0.4) is 0 Å². The third-order valence-corrected chi connectivity index (χ3v) is 7.12. The molecule has 1 aliphatic heterocycles. The molecule has 2 aromatic rings. The van der Waals surface area contributed by atoms with Crippen molar-refractivity contribution in [2.45, 2.75) is 95.9 Å². The zero-order valence-corrected chi connectivity index (χ0v) is 26.1. The van der Waals surface area contributed by atoms with E-state index in [9.17, 15) is 19.2 Å². The Kier molecular flexibility index (Phi) is 11.6. The van der Waals surface area contributed by atoms with E-state index in [2.05, 4.69) is 26.0 Å². The van der Waals surface area contributed by atoms with E-state index in [-0.39, 0.29) is 25.2 Å². The Morgan fingerprint density at radius 3 is 1.95 bits per heavy atom. The van der Waals surface area contributed by atoms with E-state index in [0.29, 0.717) is 0 Å². The van der Waals surface area contributed by atoms with Crippen molar-refractivity contribution in [2.24, 2.45) is 5.11 Å². The Hall–Kier alpha value is -4.25. The quantitative estimate of drug-likeness (QED) is 0.121. The lowest BCUT2D eigenvalue weighted by Gasteiger charge is -2.32. The number of rotatable bonds is 15. The summed E-state index contributed by atoms with van der Waals surface area (Å²) in [5.74, 6) is -2.19. The standard InChI is InChI=1S/C32H42N6O6/c1-20(27(39)32(6)19-43-32)34-28(40)24(17-22-13-9-7-10-14-22)35-30(42)26(21(2)44-31(3,4)5)36-29(41)25(37-38-33)18-23-15-11-8-12-16-23/h7-16,20-21,24-26H,17-19H2,1-6H3,(H,34,40)(H,35,42)(H,36,41)/t20-,21?,24-,25-,26-,32+/m0/s1. The van der Waals surface area contributed by atoms with Crippen molar-refractivity contribution >= 4 is 23.5 Å². The lowest BCUT2D eigenvalue weighted by molar-refractivity contribution is -0.139. The van der Waals surface area contributed by atoms with Gasteiger partial charge in [0.05, 0.1) is 24.4 Å². The minimum atomic E-state index is -1.25. The SMILES string of the molecule is CC(OC(C)(C)C)[C@H](NC(=O)[C@H](Cc1ccccc1)N=[N+]=[N-])C(=O)N[C@@H](Cc1ccccc1)C(=O)N[C@@H](C)C(=O)[C@@]1(C)CO1. The fraction of sp³-hybridized carbons (Fsp3) is 0.500. The van der Waals surface area contributed by atoms with Gasteiger partial charge < -0.3 is 25.4 Å². The van der Waals surface area contributed by atoms with Gasteiger partial charge in [0.15, 0.2) is 5.78 Å². The van der Waals surface area contributed by atoms with Crippen LogP contribution in [-0.4, -0.2) is 71.6 Å². The largest absolute Gasteiger partial charge is 0.370 e. The summed E-state index contributed by atoms with van der Waals surface area (Å²) in [6.07, 6.45) is -0.597. The molecule has 0 aromatic heterocycles. The summed E-state index contributed by atoms with van der Waals surface area (Å²) in [6, 6.07) is 13.8. The molecule has 0 spiro atoms. The van der Waals surface area contributed by atoms with Crippen molar-refractivity contribution in [3.05, 3.63) is 82.2 Å². The molecule has 12 heteroatoms. The number of benzene rings is 2. The van der Waals surface area contributed by atoms with Crippen molar-refractivity contribution in [1.82, 2.24) is 16.0 Å². The molecule has 1 aliphatic rings. The molecular weight excluding hydrogens is 564 g/mol. The zero-order chi connectivity index (χ0) is 32.5. The number of carbonyl (C=O) groups excluding carboxylic acids is 4. The first-order valence-corrected chi connectivity index (χ1v) is 14.6. The van der Waals surface area contributed by atoms with Gasteiger partial charge in [-0.15, -0.1) is 0 Å². The van der Waals surface area contributed by atoms with Crippen LogP contribution in [-0.2, 0) is 41.5 Å². The highest BCUT2D eigenvalue weighted by Gasteiger charge is 2.49. The van der Waals surface area contributed by atoms with Gasteiger partial charge in [0.1, 0.15) is 23.7 Å². The highest BCUT2D eigenvalue weighted by atomic mass is 16.6. The highest BCUT2D eigenvalue weighted by molar-refractivity contribution is 5.98. The minimum absolute atomic E-state index is 0.118. The maximum atomic E-state index is 13.9. The van der Waals surface area contributed by atoms with Crippen LogP contribution < -0.4 is 16.0 Å². The first kappa shape index (κ1) is 34.2. The number of azide groups is 1. The monoisotopic (exact) mass is 606 g/mol. The minimum Gasteiger partial charge on any atom is -0.370 e. The number of epoxide rings is 1. The maximum absolute atomic E-state index is 13.9. The summed E-state index contributed by atoms with van der Waals surface area (Å²) in [4.78, 5) is 56.3. The normalized spacial score (nSPS) is 19.2. The van der Waals surface area contributed by atoms with E-state index in [4.69, 9.17) is 15.0 Å². The number of nitrogens with zero attached hydrogens (tertiary/aromatic N) is 3. The van der Waals surface area contributed by atoms with Gasteiger partial charge in [0.25, 0.3) is 0 Å². The molecule has 3 amide bonds. The number of ketones is 1. The van der Waals surface area contributed by atoms with Crippen LogP contribution in [0, 0.1) is 0 Å². The van der Waals surface area contributed by atoms with Crippen molar-refractivity contribution < 1.29 is 28.7 Å². The van der Waals surface area contributed by atoms with Crippen LogP contribution in [0.25, 0.3) is 10.4 Å². The van der Waals surface area contributed by atoms with Crippen LogP contribution in [0.5, 0.6) is 0 Å². The maximum Gasteiger partial charge on any atom is 0.245 e. The molecule has 0 radical (unpaired) electrons. The van der Waals surface area contributed by atoms with E-state index >= 15 is 0 Å². The Balaban J connectivity index is 1.85. The topological polar surface area (TPSA) is 175 Å². The lowest BCUT2D eigenvalue weighted by atomic mass is 10.00. The first-order chi connectivity index (χ1) is 20.7. The van der Waals surface area contributed by atoms with E-state index < -0.39 is 59.2 Å². The Labute approximate surface area is 257 Å².